The van der Waals surface area contributed by atoms with E-state index in [9.17, 15) is 4.79 Å². The van der Waals surface area contributed by atoms with Crippen molar-refractivity contribution in [3.05, 3.63) is 65.7 Å². The number of ether oxygens (including phenoxy) is 1. The van der Waals surface area contributed by atoms with E-state index in [2.05, 4.69) is 10.5 Å². The van der Waals surface area contributed by atoms with Crippen LogP contribution in [0, 0.1) is 0 Å². The number of hydrogen-bond donors (Lipinski definition) is 2. The minimum Gasteiger partial charge on any atom is -0.496 e. The number of carboxylic acids is 1. The monoisotopic (exact) mass is 296 g/mol. The summed E-state index contributed by atoms with van der Waals surface area (Å²) < 4.78 is 5.24. The Balaban J connectivity index is 1.97. The van der Waals surface area contributed by atoms with E-state index >= 15 is 0 Å². The summed E-state index contributed by atoms with van der Waals surface area (Å²) in [6, 6.07) is 14.1. The summed E-state index contributed by atoms with van der Waals surface area (Å²) in [6.07, 6.45) is 5.23. The Morgan fingerprint density at radius 3 is 2.82 bits per heavy atom. The Morgan fingerprint density at radius 2 is 2.05 bits per heavy atom. The van der Waals surface area contributed by atoms with E-state index in [0.717, 1.165) is 11.3 Å². The summed E-state index contributed by atoms with van der Waals surface area (Å²) in [5, 5.41) is 12.9. The lowest BCUT2D eigenvalue weighted by molar-refractivity contribution is 0.0697. The van der Waals surface area contributed by atoms with Gasteiger partial charge in [-0.1, -0.05) is 24.3 Å². The molecule has 0 atom stereocenters. The van der Waals surface area contributed by atoms with Crippen LogP contribution in [0.2, 0.25) is 0 Å². The second-order valence-corrected chi connectivity index (χ2v) is 4.38. The molecule has 2 N–H and O–H groups in total. The predicted molar refractivity (Wildman–Crippen MR) is 87.5 cm³/mol. The summed E-state index contributed by atoms with van der Waals surface area (Å²) >= 11 is 0. The van der Waals surface area contributed by atoms with Crippen LogP contribution in [0.1, 0.15) is 15.9 Å². The van der Waals surface area contributed by atoms with Gasteiger partial charge in [-0.05, 0) is 36.4 Å². The molecule has 0 heterocycles. The van der Waals surface area contributed by atoms with Gasteiger partial charge in [0.15, 0.2) is 0 Å². The maximum atomic E-state index is 10.9. The van der Waals surface area contributed by atoms with Gasteiger partial charge in [-0.15, -0.1) is 0 Å². The molecule has 0 aliphatic heterocycles. The number of nitrogens with one attached hydrogen (secondary N) is 1. The first-order valence-corrected chi connectivity index (χ1v) is 6.63. The number of aromatic carboxylic acids is 1. The van der Waals surface area contributed by atoms with Crippen LogP contribution in [0.4, 0.5) is 5.69 Å². The normalized spacial score (nSPS) is 11.0. The van der Waals surface area contributed by atoms with Crippen LogP contribution >= 0.6 is 0 Å². The lowest BCUT2D eigenvalue weighted by Gasteiger charge is -2.02. The van der Waals surface area contributed by atoms with E-state index in [1.54, 1.807) is 31.5 Å². The molecule has 112 valence electrons. The van der Waals surface area contributed by atoms with Gasteiger partial charge in [0.2, 0.25) is 0 Å². The van der Waals surface area contributed by atoms with Crippen molar-refractivity contribution >= 4 is 23.9 Å². The van der Waals surface area contributed by atoms with Crippen LogP contribution in [-0.2, 0) is 0 Å². The molecule has 2 rings (SSSR count). The fourth-order valence-electron chi connectivity index (χ4n) is 1.83. The predicted octanol–water partition coefficient (Wildman–Crippen LogP) is 3.50. The summed E-state index contributed by atoms with van der Waals surface area (Å²) in [5.74, 6) is -0.182. The number of nitrogens with zero attached hydrogens (tertiary/aromatic N) is 1. The highest BCUT2D eigenvalue weighted by Gasteiger charge is 2.01. The molecule has 2 aromatic rings. The van der Waals surface area contributed by atoms with Gasteiger partial charge in [0.1, 0.15) is 5.75 Å². The molecule has 0 saturated carbocycles. The zero-order chi connectivity index (χ0) is 15.8. The maximum Gasteiger partial charge on any atom is 0.335 e. The van der Waals surface area contributed by atoms with Gasteiger partial charge in [-0.25, -0.2) is 4.79 Å². The Morgan fingerprint density at radius 1 is 1.23 bits per heavy atom. The molecular formula is C17H16N2O3. The molecule has 0 fully saturated rings. The highest BCUT2D eigenvalue weighted by molar-refractivity contribution is 5.88. The SMILES string of the molecule is COc1ccccc1/C=C/C=NNc1cccc(C(=O)O)c1. The van der Waals surface area contributed by atoms with Gasteiger partial charge in [-0.3, -0.25) is 5.43 Å². The van der Waals surface area contributed by atoms with Crippen LogP contribution in [-0.4, -0.2) is 24.4 Å². The Bertz CT molecular complexity index is 709. The number of para-hydroxylation sites is 1. The molecule has 0 aliphatic carbocycles. The standard InChI is InChI=1S/C17H16N2O3/c1-22-16-10-3-2-6-13(16)8-5-11-18-19-15-9-4-7-14(12-15)17(20)21/h2-12,19H,1H3,(H,20,21)/b8-5+,18-11?. The number of anilines is 1. The Kier molecular flexibility index (Phi) is 5.31. The Labute approximate surface area is 128 Å². The van der Waals surface area contributed by atoms with Crippen LogP contribution in [0.3, 0.4) is 0 Å². The van der Waals surface area contributed by atoms with Crippen LogP contribution < -0.4 is 10.2 Å². The number of carbonyl (C=O) groups is 1. The molecular weight excluding hydrogens is 280 g/mol. The number of methoxy groups -OCH3 is 1. The minimum absolute atomic E-state index is 0.213. The van der Waals surface area contributed by atoms with E-state index in [-0.39, 0.29) is 5.56 Å². The Hall–Kier alpha value is -3.08. The van der Waals surface area contributed by atoms with Crippen LogP contribution in [0.15, 0.2) is 59.7 Å². The van der Waals surface area contributed by atoms with Gasteiger partial charge < -0.3 is 9.84 Å². The van der Waals surface area contributed by atoms with Crippen molar-refractivity contribution in [2.75, 3.05) is 12.5 Å². The average Bonchev–Trinajstić information content (AvgIpc) is 2.55. The third kappa shape index (κ3) is 4.21. The highest BCUT2D eigenvalue weighted by Crippen LogP contribution is 2.18. The highest BCUT2D eigenvalue weighted by atomic mass is 16.5. The van der Waals surface area contributed by atoms with Gasteiger partial charge >= 0.3 is 5.97 Å². The molecule has 0 aromatic heterocycles. The maximum absolute atomic E-state index is 10.9. The second kappa shape index (κ2) is 7.64. The lowest BCUT2D eigenvalue weighted by atomic mass is 10.2. The van der Waals surface area contributed by atoms with E-state index in [1.807, 2.05) is 30.3 Å². The summed E-state index contributed by atoms with van der Waals surface area (Å²) in [4.78, 5) is 10.9. The van der Waals surface area contributed by atoms with Crippen molar-refractivity contribution < 1.29 is 14.6 Å². The molecule has 0 saturated heterocycles. The molecule has 0 radical (unpaired) electrons. The fraction of sp³-hybridized carbons (Fsp3) is 0.0588. The van der Waals surface area contributed by atoms with Crippen LogP contribution in [0.25, 0.3) is 6.08 Å². The number of allylic oxidation sites excluding steroid dienone is 1. The van der Waals surface area contributed by atoms with E-state index in [0.29, 0.717) is 5.69 Å². The average molecular weight is 296 g/mol. The zero-order valence-corrected chi connectivity index (χ0v) is 12.1. The first kappa shape index (κ1) is 15.3. The van der Waals surface area contributed by atoms with E-state index in [1.165, 1.54) is 12.1 Å². The molecule has 0 unspecified atom stereocenters. The molecule has 5 nitrogen and oxygen atoms in total. The summed E-state index contributed by atoms with van der Waals surface area (Å²) in [6.45, 7) is 0. The molecule has 0 spiro atoms. The topological polar surface area (TPSA) is 70.9 Å². The summed E-state index contributed by atoms with van der Waals surface area (Å²) in [7, 11) is 1.62. The molecule has 2 aromatic carbocycles. The minimum atomic E-state index is -0.969. The molecule has 0 amide bonds. The van der Waals surface area contributed by atoms with E-state index < -0.39 is 5.97 Å². The summed E-state index contributed by atoms with van der Waals surface area (Å²) in [5.41, 5.74) is 4.55. The lowest BCUT2D eigenvalue weighted by Crippen LogP contribution is -1.97. The van der Waals surface area contributed by atoms with Crippen molar-refractivity contribution in [1.29, 1.82) is 0 Å². The van der Waals surface area contributed by atoms with Gasteiger partial charge in [0, 0.05) is 11.8 Å². The van der Waals surface area contributed by atoms with Crippen LogP contribution in [0.5, 0.6) is 5.75 Å². The zero-order valence-electron chi connectivity index (χ0n) is 12.1. The van der Waals surface area contributed by atoms with Gasteiger partial charge in [-0.2, -0.15) is 5.10 Å². The largest absolute Gasteiger partial charge is 0.496 e. The first-order chi connectivity index (χ1) is 10.7. The van der Waals surface area contributed by atoms with Crippen molar-refractivity contribution in [3.8, 4) is 5.75 Å². The molecule has 5 heteroatoms. The molecule has 0 aliphatic rings. The van der Waals surface area contributed by atoms with Gasteiger partial charge in [0.05, 0.1) is 18.4 Å². The quantitative estimate of drug-likeness (QED) is 0.632. The third-order valence-electron chi connectivity index (χ3n) is 2.88. The fourth-order valence-corrected chi connectivity index (χ4v) is 1.83. The third-order valence-corrected chi connectivity index (χ3v) is 2.88. The van der Waals surface area contributed by atoms with Crippen molar-refractivity contribution in [1.82, 2.24) is 0 Å². The van der Waals surface area contributed by atoms with Crippen molar-refractivity contribution in [3.63, 3.8) is 0 Å². The second-order valence-electron chi connectivity index (χ2n) is 4.38. The molecule has 22 heavy (non-hydrogen) atoms. The van der Waals surface area contributed by atoms with E-state index in [4.69, 9.17) is 9.84 Å². The number of rotatable bonds is 6. The van der Waals surface area contributed by atoms with Crippen molar-refractivity contribution in [2.24, 2.45) is 5.10 Å². The first-order valence-electron chi connectivity index (χ1n) is 6.63. The van der Waals surface area contributed by atoms with Gasteiger partial charge in [0.25, 0.3) is 0 Å². The number of hydrazone groups is 1. The van der Waals surface area contributed by atoms with Crippen molar-refractivity contribution in [2.45, 2.75) is 0 Å². The number of hydrogen-bond acceptors (Lipinski definition) is 4. The number of benzene rings is 2. The number of carboxylic acid groups (broad SMARTS) is 1. The smallest absolute Gasteiger partial charge is 0.335 e. The molecule has 0 bridgehead atoms.